The van der Waals surface area contributed by atoms with E-state index in [1.165, 1.54) is 16.6 Å². The molecule has 0 N–H and O–H groups in total. The van der Waals surface area contributed by atoms with E-state index in [2.05, 4.69) is 74.9 Å². The average Bonchev–Trinajstić information content (AvgIpc) is 2.36. The summed E-state index contributed by atoms with van der Waals surface area (Å²) in [5, 5.41) is 0. The Morgan fingerprint density at radius 2 is 1.82 bits per heavy atom. The summed E-state index contributed by atoms with van der Waals surface area (Å²) in [6.45, 7) is 2.12. The zero-order valence-corrected chi connectivity index (χ0v) is 10.1. The van der Waals surface area contributed by atoms with E-state index in [9.17, 15) is 0 Å². The Bertz CT molecular complexity index is 486. The van der Waals surface area contributed by atoms with Gasteiger partial charge in [0.05, 0.1) is 0 Å². The molecule has 1 radical (unpaired) electrons. The van der Waals surface area contributed by atoms with Crippen LogP contribution < -0.4 is 5.46 Å². The van der Waals surface area contributed by atoms with Crippen LogP contribution in [0.4, 0.5) is 0 Å². The molecule has 0 nitrogen and oxygen atoms in total. The maximum absolute atomic E-state index is 2.23. The molecule has 0 amide bonds. The van der Waals surface area contributed by atoms with E-state index in [0.29, 0.717) is 0 Å². The van der Waals surface area contributed by atoms with Gasteiger partial charge in [-0.1, -0.05) is 84.1 Å². The van der Waals surface area contributed by atoms with Crippen LogP contribution in [0.1, 0.15) is 11.1 Å². The van der Waals surface area contributed by atoms with Crippen LogP contribution in [0.3, 0.4) is 0 Å². The molecule has 0 aliphatic carbocycles. The molecule has 0 atom stereocenters. The average molecular weight is 219 g/mol. The molecular weight excluding hydrogens is 203 g/mol. The quantitative estimate of drug-likeness (QED) is 0.691. The SMILES string of the molecule is Cc1cccc(C=CC[B]c2ccccc2)c1. The van der Waals surface area contributed by atoms with Gasteiger partial charge in [0.25, 0.3) is 0 Å². The van der Waals surface area contributed by atoms with Crippen molar-refractivity contribution in [2.45, 2.75) is 13.2 Å². The predicted octanol–water partition coefficient (Wildman–Crippen LogP) is 3.46. The standard InChI is InChI=1S/C16H16B/c1-14-7-5-8-15(13-14)9-6-12-17-16-10-3-2-4-11-16/h2-11,13H,12H2,1H3. The summed E-state index contributed by atoms with van der Waals surface area (Å²) >= 11 is 0. The summed E-state index contributed by atoms with van der Waals surface area (Å²) in [6, 6.07) is 19.0. The summed E-state index contributed by atoms with van der Waals surface area (Å²) in [5.41, 5.74) is 3.85. The largest absolute Gasteiger partial charge is 0.155 e. The van der Waals surface area contributed by atoms with Crippen molar-refractivity contribution in [1.82, 2.24) is 0 Å². The smallest absolute Gasteiger partial charge is 0.0913 e. The summed E-state index contributed by atoms with van der Waals surface area (Å²) in [6.07, 6.45) is 5.34. The van der Waals surface area contributed by atoms with Gasteiger partial charge in [0.2, 0.25) is 0 Å². The van der Waals surface area contributed by atoms with Gasteiger partial charge in [0, 0.05) is 0 Å². The Kier molecular flexibility index (Phi) is 4.20. The van der Waals surface area contributed by atoms with Gasteiger partial charge in [-0.05, 0) is 12.5 Å². The first-order chi connectivity index (χ1) is 8.34. The third-order valence-corrected chi connectivity index (χ3v) is 2.64. The Balaban J connectivity index is 1.86. The number of hydrogen-bond acceptors (Lipinski definition) is 0. The first kappa shape index (κ1) is 11.7. The molecule has 0 unspecified atom stereocenters. The minimum absolute atomic E-state index is 0.970. The van der Waals surface area contributed by atoms with Crippen LogP contribution in [0.2, 0.25) is 6.32 Å². The molecule has 2 rings (SSSR count). The van der Waals surface area contributed by atoms with E-state index in [4.69, 9.17) is 0 Å². The molecule has 83 valence electrons. The molecule has 1 heteroatoms. The molecule has 0 heterocycles. The van der Waals surface area contributed by atoms with Crippen LogP contribution in [0, 0.1) is 6.92 Å². The number of aryl methyl sites for hydroxylation is 1. The van der Waals surface area contributed by atoms with Crippen molar-refractivity contribution in [1.29, 1.82) is 0 Å². The van der Waals surface area contributed by atoms with Gasteiger partial charge in [0.15, 0.2) is 7.28 Å². The fraction of sp³-hybridized carbons (Fsp3) is 0.125. The van der Waals surface area contributed by atoms with Crippen LogP contribution in [0.15, 0.2) is 60.7 Å². The van der Waals surface area contributed by atoms with Crippen molar-refractivity contribution >= 4 is 18.8 Å². The lowest BCUT2D eigenvalue weighted by atomic mass is 9.67. The Hall–Kier alpha value is -1.76. The second kappa shape index (κ2) is 6.10. The Labute approximate surface area is 104 Å². The predicted molar refractivity (Wildman–Crippen MR) is 76.9 cm³/mol. The summed E-state index contributed by atoms with van der Waals surface area (Å²) in [5.74, 6) is 0. The Morgan fingerprint density at radius 3 is 2.59 bits per heavy atom. The van der Waals surface area contributed by atoms with Crippen molar-refractivity contribution in [2.24, 2.45) is 0 Å². The molecule has 0 saturated heterocycles. The van der Waals surface area contributed by atoms with E-state index in [0.717, 1.165) is 6.32 Å². The number of benzene rings is 2. The monoisotopic (exact) mass is 219 g/mol. The van der Waals surface area contributed by atoms with Crippen molar-refractivity contribution in [3.05, 3.63) is 71.8 Å². The second-order valence-electron chi connectivity index (χ2n) is 4.17. The maximum Gasteiger partial charge on any atom is 0.155 e. The van der Waals surface area contributed by atoms with Crippen molar-refractivity contribution in [3.8, 4) is 0 Å². The molecule has 0 aliphatic heterocycles. The lowest BCUT2D eigenvalue weighted by Crippen LogP contribution is -2.11. The minimum Gasteiger partial charge on any atom is -0.0913 e. The topological polar surface area (TPSA) is 0 Å². The molecule has 0 aliphatic rings. The van der Waals surface area contributed by atoms with E-state index >= 15 is 0 Å². The number of allylic oxidation sites excluding steroid dienone is 1. The molecule has 0 spiro atoms. The van der Waals surface area contributed by atoms with Gasteiger partial charge >= 0.3 is 0 Å². The zero-order valence-electron chi connectivity index (χ0n) is 10.1. The third-order valence-electron chi connectivity index (χ3n) is 2.64. The second-order valence-corrected chi connectivity index (χ2v) is 4.17. The van der Waals surface area contributed by atoms with Crippen LogP contribution in [0.25, 0.3) is 6.08 Å². The number of hydrogen-bond donors (Lipinski definition) is 0. The molecule has 0 bridgehead atoms. The van der Waals surface area contributed by atoms with Gasteiger partial charge in [0.1, 0.15) is 0 Å². The van der Waals surface area contributed by atoms with Crippen molar-refractivity contribution in [2.75, 3.05) is 0 Å². The molecule has 17 heavy (non-hydrogen) atoms. The number of rotatable bonds is 4. The van der Waals surface area contributed by atoms with Crippen LogP contribution >= 0.6 is 0 Å². The van der Waals surface area contributed by atoms with Crippen LogP contribution in [-0.2, 0) is 0 Å². The summed E-state index contributed by atoms with van der Waals surface area (Å²) in [7, 11) is 2.23. The highest BCUT2D eigenvalue weighted by molar-refractivity contribution is 6.53. The summed E-state index contributed by atoms with van der Waals surface area (Å²) < 4.78 is 0. The van der Waals surface area contributed by atoms with E-state index < -0.39 is 0 Å². The van der Waals surface area contributed by atoms with Crippen LogP contribution in [0.5, 0.6) is 0 Å². The fourth-order valence-corrected chi connectivity index (χ4v) is 1.77. The maximum atomic E-state index is 2.23. The lowest BCUT2D eigenvalue weighted by molar-refractivity contribution is 1.46. The minimum atomic E-state index is 0.970. The van der Waals surface area contributed by atoms with E-state index in [-0.39, 0.29) is 0 Å². The molecule has 0 fully saturated rings. The normalized spacial score (nSPS) is 10.6. The first-order valence-corrected chi connectivity index (χ1v) is 5.96. The fourth-order valence-electron chi connectivity index (χ4n) is 1.77. The Morgan fingerprint density at radius 1 is 1.00 bits per heavy atom. The molecule has 2 aromatic rings. The molecule has 0 saturated carbocycles. The van der Waals surface area contributed by atoms with Crippen molar-refractivity contribution < 1.29 is 0 Å². The summed E-state index contributed by atoms with van der Waals surface area (Å²) in [4.78, 5) is 0. The van der Waals surface area contributed by atoms with Gasteiger partial charge < -0.3 is 0 Å². The highest BCUT2D eigenvalue weighted by Gasteiger charge is 1.91. The van der Waals surface area contributed by atoms with E-state index in [1.54, 1.807) is 0 Å². The lowest BCUT2D eigenvalue weighted by Gasteiger charge is -1.96. The van der Waals surface area contributed by atoms with Gasteiger partial charge in [-0.25, -0.2) is 0 Å². The molecule has 2 aromatic carbocycles. The van der Waals surface area contributed by atoms with Crippen molar-refractivity contribution in [3.63, 3.8) is 0 Å². The molecular formula is C16H16B. The first-order valence-electron chi connectivity index (χ1n) is 5.96. The zero-order chi connectivity index (χ0) is 11.9. The van der Waals surface area contributed by atoms with E-state index in [1.807, 2.05) is 6.07 Å². The highest BCUT2D eigenvalue weighted by Crippen LogP contribution is 2.06. The highest BCUT2D eigenvalue weighted by atomic mass is 13.9. The van der Waals surface area contributed by atoms with Gasteiger partial charge in [-0.2, -0.15) is 0 Å². The molecule has 0 aromatic heterocycles. The third kappa shape index (κ3) is 3.95. The van der Waals surface area contributed by atoms with Gasteiger partial charge in [-0.15, -0.1) is 0 Å². The van der Waals surface area contributed by atoms with Gasteiger partial charge in [-0.3, -0.25) is 0 Å². The van der Waals surface area contributed by atoms with Crippen LogP contribution in [-0.4, -0.2) is 7.28 Å².